The predicted molar refractivity (Wildman–Crippen MR) is 60.9 cm³/mol. The van der Waals surface area contributed by atoms with E-state index in [1.165, 1.54) is 18.2 Å². The Kier molecular flexibility index (Phi) is 3.18. The van der Waals surface area contributed by atoms with Crippen LogP contribution < -0.4 is 5.32 Å². The number of amides is 1. The zero-order chi connectivity index (χ0) is 12.3. The van der Waals surface area contributed by atoms with Crippen molar-refractivity contribution in [1.82, 2.24) is 15.3 Å². The Labute approximate surface area is 97.9 Å². The molecule has 0 aliphatic heterocycles. The lowest BCUT2D eigenvalue weighted by Crippen LogP contribution is -2.23. The normalized spacial score (nSPS) is 10.2. The summed E-state index contributed by atoms with van der Waals surface area (Å²) >= 11 is 0. The van der Waals surface area contributed by atoms with Crippen molar-refractivity contribution in [1.29, 1.82) is 0 Å². The molecule has 0 saturated carbocycles. The third kappa shape index (κ3) is 2.69. The number of carbonyl (C=O) groups is 1. The first kappa shape index (κ1) is 11.3. The average molecular weight is 233 g/mol. The maximum absolute atomic E-state index is 13.0. The van der Waals surface area contributed by atoms with Crippen LogP contribution in [0.5, 0.6) is 0 Å². The highest BCUT2D eigenvalue weighted by Gasteiger charge is 2.07. The molecular formula is C12H12FN3O. The van der Waals surface area contributed by atoms with E-state index in [0.717, 1.165) is 0 Å². The Bertz CT molecular complexity index is 523. The lowest BCUT2D eigenvalue weighted by molar-refractivity contribution is 0.0950. The number of aromatic nitrogens is 2. The molecule has 1 aromatic carbocycles. The van der Waals surface area contributed by atoms with Gasteiger partial charge in [0.1, 0.15) is 11.6 Å². The van der Waals surface area contributed by atoms with Crippen LogP contribution in [0.2, 0.25) is 0 Å². The highest BCUT2D eigenvalue weighted by Crippen LogP contribution is 2.09. The molecule has 2 aromatic rings. The van der Waals surface area contributed by atoms with Crippen LogP contribution in [0.25, 0.3) is 0 Å². The molecule has 2 N–H and O–H groups in total. The monoisotopic (exact) mass is 233 g/mol. The Balaban J connectivity index is 2.02. The van der Waals surface area contributed by atoms with E-state index in [4.69, 9.17) is 0 Å². The molecule has 0 unspecified atom stereocenters. The van der Waals surface area contributed by atoms with E-state index in [-0.39, 0.29) is 11.7 Å². The van der Waals surface area contributed by atoms with Gasteiger partial charge in [0.2, 0.25) is 0 Å². The van der Waals surface area contributed by atoms with E-state index >= 15 is 0 Å². The van der Waals surface area contributed by atoms with Crippen molar-refractivity contribution in [3.8, 4) is 0 Å². The van der Waals surface area contributed by atoms with Crippen molar-refractivity contribution in [3.05, 3.63) is 53.4 Å². The molecule has 0 fully saturated rings. The van der Waals surface area contributed by atoms with Gasteiger partial charge in [0.15, 0.2) is 0 Å². The zero-order valence-electron chi connectivity index (χ0n) is 9.33. The average Bonchev–Trinajstić information content (AvgIpc) is 2.82. The highest BCUT2D eigenvalue weighted by atomic mass is 19.1. The first-order valence-electron chi connectivity index (χ1n) is 5.19. The quantitative estimate of drug-likeness (QED) is 0.849. The maximum Gasteiger partial charge on any atom is 0.251 e. The van der Waals surface area contributed by atoms with Gasteiger partial charge in [-0.1, -0.05) is 0 Å². The van der Waals surface area contributed by atoms with E-state index in [9.17, 15) is 9.18 Å². The Morgan fingerprint density at radius 3 is 3.00 bits per heavy atom. The molecule has 0 spiro atoms. The third-order valence-corrected chi connectivity index (χ3v) is 2.39. The van der Waals surface area contributed by atoms with Crippen molar-refractivity contribution in [2.75, 3.05) is 0 Å². The van der Waals surface area contributed by atoms with Crippen molar-refractivity contribution < 1.29 is 9.18 Å². The van der Waals surface area contributed by atoms with Gasteiger partial charge in [0, 0.05) is 18.0 Å². The number of imidazole rings is 1. The largest absolute Gasteiger partial charge is 0.347 e. The van der Waals surface area contributed by atoms with Gasteiger partial charge in [-0.25, -0.2) is 9.37 Å². The van der Waals surface area contributed by atoms with Crippen molar-refractivity contribution >= 4 is 5.91 Å². The Morgan fingerprint density at radius 1 is 1.53 bits per heavy atom. The van der Waals surface area contributed by atoms with Gasteiger partial charge < -0.3 is 10.3 Å². The lowest BCUT2D eigenvalue weighted by atomic mass is 10.1. The molecule has 1 amide bonds. The topological polar surface area (TPSA) is 57.8 Å². The first-order valence-corrected chi connectivity index (χ1v) is 5.19. The number of hydrogen-bond acceptors (Lipinski definition) is 2. The second-order valence-corrected chi connectivity index (χ2v) is 3.68. The van der Waals surface area contributed by atoms with E-state index in [0.29, 0.717) is 23.5 Å². The molecule has 0 saturated heterocycles. The van der Waals surface area contributed by atoms with Gasteiger partial charge in [-0.15, -0.1) is 0 Å². The lowest BCUT2D eigenvalue weighted by Gasteiger charge is -2.04. The minimum absolute atomic E-state index is 0.246. The summed E-state index contributed by atoms with van der Waals surface area (Å²) in [6.45, 7) is 1.95. The zero-order valence-corrected chi connectivity index (χ0v) is 9.33. The van der Waals surface area contributed by atoms with E-state index in [1.807, 2.05) is 0 Å². The summed E-state index contributed by atoms with van der Waals surface area (Å²) in [6.07, 6.45) is 3.30. The summed E-state index contributed by atoms with van der Waals surface area (Å²) in [7, 11) is 0. The van der Waals surface area contributed by atoms with Crippen LogP contribution in [0.3, 0.4) is 0 Å². The number of aromatic amines is 1. The predicted octanol–water partition coefficient (Wildman–Crippen LogP) is 1.79. The van der Waals surface area contributed by atoms with E-state index in [2.05, 4.69) is 15.3 Å². The number of rotatable bonds is 3. The van der Waals surface area contributed by atoms with Crippen LogP contribution in [0, 0.1) is 12.7 Å². The summed E-state index contributed by atoms with van der Waals surface area (Å²) in [5.41, 5.74) is 0.895. The van der Waals surface area contributed by atoms with Crippen LogP contribution in [0.1, 0.15) is 21.7 Å². The Hall–Kier alpha value is -2.17. The van der Waals surface area contributed by atoms with Gasteiger partial charge in [-0.05, 0) is 30.7 Å². The van der Waals surface area contributed by atoms with Crippen molar-refractivity contribution in [2.24, 2.45) is 0 Å². The third-order valence-electron chi connectivity index (χ3n) is 2.39. The minimum atomic E-state index is -0.312. The molecule has 17 heavy (non-hydrogen) atoms. The van der Waals surface area contributed by atoms with Gasteiger partial charge >= 0.3 is 0 Å². The standard InChI is InChI=1S/C12H12FN3O/c1-8-6-9(2-3-10(8)13)12(17)16-7-11-14-4-5-15-11/h2-6H,7H2,1H3,(H,14,15)(H,16,17). The number of hydrogen-bond donors (Lipinski definition) is 2. The van der Waals surface area contributed by atoms with Crippen molar-refractivity contribution in [2.45, 2.75) is 13.5 Å². The summed E-state index contributed by atoms with van der Waals surface area (Å²) in [6, 6.07) is 4.27. The smallest absolute Gasteiger partial charge is 0.251 e. The number of H-pyrrole nitrogens is 1. The molecule has 2 rings (SSSR count). The number of nitrogens with one attached hydrogen (secondary N) is 2. The fraction of sp³-hybridized carbons (Fsp3) is 0.167. The highest BCUT2D eigenvalue weighted by molar-refractivity contribution is 5.94. The number of halogens is 1. The van der Waals surface area contributed by atoms with Gasteiger partial charge in [-0.2, -0.15) is 0 Å². The van der Waals surface area contributed by atoms with Crippen LogP contribution in [-0.2, 0) is 6.54 Å². The molecule has 1 aromatic heterocycles. The molecule has 0 aliphatic rings. The Morgan fingerprint density at radius 2 is 2.35 bits per heavy atom. The molecule has 0 atom stereocenters. The first-order chi connectivity index (χ1) is 8.16. The molecule has 88 valence electrons. The number of benzene rings is 1. The molecule has 5 heteroatoms. The van der Waals surface area contributed by atoms with Crippen LogP contribution >= 0.6 is 0 Å². The minimum Gasteiger partial charge on any atom is -0.347 e. The van der Waals surface area contributed by atoms with Crippen LogP contribution in [0.15, 0.2) is 30.6 Å². The number of carbonyl (C=O) groups excluding carboxylic acids is 1. The maximum atomic E-state index is 13.0. The second kappa shape index (κ2) is 4.78. The second-order valence-electron chi connectivity index (χ2n) is 3.68. The number of nitrogens with zero attached hydrogens (tertiary/aromatic N) is 1. The van der Waals surface area contributed by atoms with E-state index in [1.54, 1.807) is 19.3 Å². The summed E-state index contributed by atoms with van der Waals surface area (Å²) < 4.78 is 13.0. The molecule has 0 aliphatic carbocycles. The molecule has 0 bridgehead atoms. The van der Waals surface area contributed by atoms with Gasteiger partial charge in [-0.3, -0.25) is 4.79 Å². The van der Waals surface area contributed by atoms with Crippen molar-refractivity contribution in [3.63, 3.8) is 0 Å². The molecule has 1 heterocycles. The number of aryl methyl sites for hydroxylation is 1. The fourth-order valence-electron chi connectivity index (χ4n) is 1.45. The van der Waals surface area contributed by atoms with Gasteiger partial charge in [0.05, 0.1) is 6.54 Å². The summed E-state index contributed by atoms with van der Waals surface area (Å²) in [5.74, 6) is 0.120. The van der Waals surface area contributed by atoms with Crippen LogP contribution in [0.4, 0.5) is 4.39 Å². The molecule has 4 nitrogen and oxygen atoms in total. The fourth-order valence-corrected chi connectivity index (χ4v) is 1.45. The molecule has 0 radical (unpaired) electrons. The SMILES string of the molecule is Cc1cc(C(=O)NCc2ncc[nH]2)ccc1F. The summed E-state index contributed by atoms with van der Waals surface area (Å²) in [4.78, 5) is 18.6. The molecular weight excluding hydrogens is 221 g/mol. The van der Waals surface area contributed by atoms with Crippen LogP contribution in [-0.4, -0.2) is 15.9 Å². The summed E-state index contributed by atoms with van der Waals surface area (Å²) in [5, 5.41) is 2.69. The van der Waals surface area contributed by atoms with Gasteiger partial charge in [0.25, 0.3) is 5.91 Å². The van der Waals surface area contributed by atoms with E-state index < -0.39 is 0 Å².